The molecule has 3 aromatic carbocycles. The highest BCUT2D eigenvalue weighted by atomic mass is 16.7. The third-order valence-electron chi connectivity index (χ3n) is 3.64. The molecule has 0 aromatic heterocycles. The standard InChI is InChI=1S/C20H17NO2/c1-15(18-12-11-17-9-5-6-10-19(17)14-18)21-23-20(22)13-16-7-3-2-4-8-16/h2-12,14H,13H2,1H3/b21-15+. The lowest BCUT2D eigenvalue weighted by molar-refractivity contribution is -0.142. The lowest BCUT2D eigenvalue weighted by Gasteiger charge is -2.04. The summed E-state index contributed by atoms with van der Waals surface area (Å²) < 4.78 is 0. The summed E-state index contributed by atoms with van der Waals surface area (Å²) in [5.41, 5.74) is 2.53. The molecule has 0 saturated carbocycles. The van der Waals surface area contributed by atoms with Crippen molar-refractivity contribution in [3.8, 4) is 0 Å². The fourth-order valence-corrected chi connectivity index (χ4v) is 2.38. The van der Waals surface area contributed by atoms with E-state index in [1.165, 1.54) is 5.39 Å². The molecule has 0 spiro atoms. The number of rotatable bonds is 4. The quantitative estimate of drug-likeness (QED) is 0.408. The Balaban J connectivity index is 1.69. The third-order valence-corrected chi connectivity index (χ3v) is 3.64. The summed E-state index contributed by atoms with van der Waals surface area (Å²) in [5.74, 6) is -0.365. The zero-order chi connectivity index (χ0) is 16.1. The van der Waals surface area contributed by atoms with E-state index in [-0.39, 0.29) is 12.4 Å². The van der Waals surface area contributed by atoms with Gasteiger partial charge in [-0.15, -0.1) is 0 Å². The van der Waals surface area contributed by atoms with E-state index in [0.717, 1.165) is 16.5 Å². The summed E-state index contributed by atoms with van der Waals surface area (Å²) >= 11 is 0. The van der Waals surface area contributed by atoms with Gasteiger partial charge in [0.15, 0.2) is 0 Å². The maximum absolute atomic E-state index is 11.8. The molecule has 3 rings (SSSR count). The van der Waals surface area contributed by atoms with E-state index in [4.69, 9.17) is 4.84 Å². The largest absolute Gasteiger partial charge is 0.339 e. The Morgan fingerprint density at radius 3 is 2.39 bits per heavy atom. The SMILES string of the molecule is C/C(=N\OC(=O)Cc1ccccc1)c1ccc2ccccc2c1. The fraction of sp³-hybridized carbons (Fsp3) is 0.100. The Morgan fingerprint density at radius 2 is 1.61 bits per heavy atom. The highest BCUT2D eigenvalue weighted by molar-refractivity contribution is 6.01. The van der Waals surface area contributed by atoms with Gasteiger partial charge in [0.1, 0.15) is 0 Å². The number of carbonyl (C=O) groups is 1. The molecule has 0 heterocycles. The lowest BCUT2D eigenvalue weighted by Crippen LogP contribution is -2.06. The molecule has 0 N–H and O–H groups in total. The van der Waals surface area contributed by atoms with Gasteiger partial charge >= 0.3 is 5.97 Å². The van der Waals surface area contributed by atoms with Crippen LogP contribution in [0.4, 0.5) is 0 Å². The Hall–Kier alpha value is -2.94. The fourth-order valence-electron chi connectivity index (χ4n) is 2.38. The Labute approximate surface area is 135 Å². The lowest BCUT2D eigenvalue weighted by atomic mass is 10.0. The molecule has 0 bridgehead atoms. The average molecular weight is 303 g/mol. The number of benzene rings is 3. The van der Waals surface area contributed by atoms with Crippen LogP contribution in [0, 0.1) is 0 Å². The molecule has 0 saturated heterocycles. The molecule has 114 valence electrons. The second kappa shape index (κ2) is 6.88. The summed E-state index contributed by atoms with van der Waals surface area (Å²) in [6.45, 7) is 1.83. The topological polar surface area (TPSA) is 38.7 Å². The average Bonchev–Trinajstić information content (AvgIpc) is 2.60. The van der Waals surface area contributed by atoms with E-state index in [0.29, 0.717) is 5.71 Å². The van der Waals surface area contributed by atoms with E-state index in [9.17, 15) is 4.79 Å². The highest BCUT2D eigenvalue weighted by Gasteiger charge is 2.06. The first kappa shape index (κ1) is 15.0. The van der Waals surface area contributed by atoms with E-state index < -0.39 is 0 Å². The summed E-state index contributed by atoms with van der Waals surface area (Å²) in [7, 11) is 0. The van der Waals surface area contributed by atoms with Gasteiger partial charge in [0.2, 0.25) is 0 Å². The van der Waals surface area contributed by atoms with Crippen LogP contribution in [-0.4, -0.2) is 11.7 Å². The van der Waals surface area contributed by atoms with Crippen molar-refractivity contribution in [3.63, 3.8) is 0 Å². The molecule has 0 fully saturated rings. The zero-order valence-corrected chi connectivity index (χ0v) is 12.9. The molecule has 0 aliphatic carbocycles. The molecule has 3 heteroatoms. The van der Waals surface area contributed by atoms with Gasteiger partial charge in [-0.05, 0) is 34.9 Å². The summed E-state index contributed by atoms with van der Waals surface area (Å²) in [6.07, 6.45) is 0.218. The Morgan fingerprint density at radius 1 is 0.913 bits per heavy atom. The van der Waals surface area contributed by atoms with Crippen molar-refractivity contribution in [2.45, 2.75) is 13.3 Å². The number of nitrogens with zero attached hydrogens (tertiary/aromatic N) is 1. The van der Waals surface area contributed by atoms with Gasteiger partial charge in [0, 0.05) is 0 Å². The van der Waals surface area contributed by atoms with Crippen molar-refractivity contribution in [1.82, 2.24) is 0 Å². The molecule has 0 amide bonds. The van der Waals surface area contributed by atoms with E-state index in [1.54, 1.807) is 0 Å². The number of carbonyl (C=O) groups excluding carboxylic acids is 1. The van der Waals surface area contributed by atoms with Gasteiger partial charge < -0.3 is 4.84 Å². The minimum atomic E-state index is -0.365. The van der Waals surface area contributed by atoms with E-state index in [1.807, 2.05) is 73.7 Å². The number of fused-ring (bicyclic) bond motifs is 1. The van der Waals surface area contributed by atoms with Gasteiger partial charge in [-0.1, -0.05) is 71.9 Å². The van der Waals surface area contributed by atoms with Crippen molar-refractivity contribution >= 4 is 22.5 Å². The van der Waals surface area contributed by atoms with E-state index >= 15 is 0 Å². The van der Waals surface area contributed by atoms with Crippen molar-refractivity contribution in [2.24, 2.45) is 5.16 Å². The zero-order valence-electron chi connectivity index (χ0n) is 12.9. The summed E-state index contributed by atoms with van der Waals surface area (Å²) in [4.78, 5) is 16.9. The number of oxime groups is 1. The molecule has 0 aliphatic heterocycles. The maximum atomic E-state index is 11.8. The van der Waals surface area contributed by atoms with Gasteiger partial charge in [-0.3, -0.25) is 0 Å². The molecule has 3 aromatic rings. The Kier molecular flexibility index (Phi) is 4.48. The molecule has 0 unspecified atom stereocenters. The number of hydrogen-bond donors (Lipinski definition) is 0. The highest BCUT2D eigenvalue weighted by Crippen LogP contribution is 2.16. The minimum absolute atomic E-state index is 0.218. The number of hydrogen-bond acceptors (Lipinski definition) is 3. The Bertz CT molecular complexity index is 854. The normalized spacial score (nSPS) is 11.4. The third kappa shape index (κ3) is 3.83. The van der Waals surface area contributed by atoms with Crippen LogP contribution in [0.25, 0.3) is 10.8 Å². The summed E-state index contributed by atoms with van der Waals surface area (Å²) in [6, 6.07) is 23.7. The van der Waals surface area contributed by atoms with Crippen LogP contribution in [0.15, 0.2) is 78.0 Å². The van der Waals surface area contributed by atoms with Crippen LogP contribution < -0.4 is 0 Å². The maximum Gasteiger partial charge on any atom is 0.339 e. The first-order valence-electron chi connectivity index (χ1n) is 7.50. The minimum Gasteiger partial charge on any atom is -0.318 e. The van der Waals surface area contributed by atoms with Gasteiger partial charge in [-0.25, -0.2) is 4.79 Å². The van der Waals surface area contributed by atoms with Gasteiger partial charge in [0.25, 0.3) is 0 Å². The molecule has 0 atom stereocenters. The predicted octanol–water partition coefficient (Wildman–Crippen LogP) is 4.35. The molecule has 0 radical (unpaired) electrons. The van der Waals surface area contributed by atoms with Crippen LogP contribution in [0.3, 0.4) is 0 Å². The van der Waals surface area contributed by atoms with Crippen LogP contribution in [0.1, 0.15) is 18.1 Å². The first-order valence-corrected chi connectivity index (χ1v) is 7.50. The molecule has 3 nitrogen and oxygen atoms in total. The van der Waals surface area contributed by atoms with Crippen molar-refractivity contribution in [3.05, 3.63) is 83.9 Å². The van der Waals surface area contributed by atoms with Crippen LogP contribution in [-0.2, 0) is 16.1 Å². The van der Waals surface area contributed by atoms with Gasteiger partial charge in [-0.2, -0.15) is 0 Å². The monoisotopic (exact) mass is 303 g/mol. The molecule has 23 heavy (non-hydrogen) atoms. The summed E-state index contributed by atoms with van der Waals surface area (Å²) in [5, 5.41) is 6.27. The van der Waals surface area contributed by atoms with E-state index in [2.05, 4.69) is 11.2 Å². The van der Waals surface area contributed by atoms with Crippen molar-refractivity contribution in [2.75, 3.05) is 0 Å². The van der Waals surface area contributed by atoms with Crippen LogP contribution >= 0.6 is 0 Å². The van der Waals surface area contributed by atoms with Gasteiger partial charge in [0.05, 0.1) is 12.1 Å². The predicted molar refractivity (Wildman–Crippen MR) is 92.4 cm³/mol. The smallest absolute Gasteiger partial charge is 0.318 e. The molecule has 0 aliphatic rings. The first-order chi connectivity index (χ1) is 11.2. The second-order valence-electron chi connectivity index (χ2n) is 5.36. The van der Waals surface area contributed by atoms with Crippen LogP contribution in [0.5, 0.6) is 0 Å². The van der Waals surface area contributed by atoms with Crippen molar-refractivity contribution in [1.29, 1.82) is 0 Å². The van der Waals surface area contributed by atoms with Crippen molar-refractivity contribution < 1.29 is 9.63 Å². The van der Waals surface area contributed by atoms with Crippen LogP contribution in [0.2, 0.25) is 0 Å². The molecular weight excluding hydrogens is 286 g/mol. The second-order valence-corrected chi connectivity index (χ2v) is 5.36. The molecular formula is C20H17NO2.